The predicted octanol–water partition coefficient (Wildman–Crippen LogP) is 2.26. The number of benzene rings is 2. The molecule has 2 amide bonds. The summed E-state index contributed by atoms with van der Waals surface area (Å²) in [6.07, 6.45) is 0.636. The van der Waals surface area contributed by atoms with E-state index in [1.807, 2.05) is 29.3 Å². The molecule has 30 heavy (non-hydrogen) atoms. The number of hydrogen-bond acceptors (Lipinski definition) is 6. The van der Waals surface area contributed by atoms with Crippen LogP contribution in [0, 0.1) is 5.82 Å². The van der Waals surface area contributed by atoms with Crippen molar-refractivity contribution < 1.29 is 18.7 Å². The second kappa shape index (κ2) is 8.50. The number of rotatable bonds is 6. The van der Waals surface area contributed by atoms with Crippen LogP contribution in [-0.2, 0) is 16.1 Å². The van der Waals surface area contributed by atoms with Gasteiger partial charge in [-0.3, -0.25) is 14.7 Å². The molecule has 1 saturated heterocycles. The summed E-state index contributed by atoms with van der Waals surface area (Å²) in [4.78, 5) is 28.6. The van der Waals surface area contributed by atoms with Gasteiger partial charge in [0.15, 0.2) is 0 Å². The molecule has 1 unspecified atom stereocenters. The molecule has 0 spiro atoms. The van der Waals surface area contributed by atoms with E-state index >= 15 is 0 Å². The van der Waals surface area contributed by atoms with Crippen LogP contribution in [0.5, 0.6) is 0 Å². The van der Waals surface area contributed by atoms with Gasteiger partial charge in [0.05, 0.1) is 25.1 Å². The summed E-state index contributed by atoms with van der Waals surface area (Å²) in [7, 11) is 0. The van der Waals surface area contributed by atoms with Crippen molar-refractivity contribution in [3.8, 4) is 11.1 Å². The van der Waals surface area contributed by atoms with Crippen molar-refractivity contribution in [3.05, 3.63) is 53.8 Å². The van der Waals surface area contributed by atoms with Crippen molar-refractivity contribution in [1.82, 2.24) is 15.8 Å². The van der Waals surface area contributed by atoms with Gasteiger partial charge in [0, 0.05) is 19.0 Å². The SMILES string of the molecule is CC(=O)NCC1CN(c2ccc(-c3ccc(CN4CN=CN4)cc3)c(F)c2)C(=O)O1. The molecule has 0 aromatic heterocycles. The Hall–Kier alpha value is -3.46. The van der Waals surface area contributed by atoms with Crippen molar-refractivity contribution in [3.63, 3.8) is 0 Å². The Morgan fingerprint density at radius 3 is 2.77 bits per heavy atom. The summed E-state index contributed by atoms with van der Waals surface area (Å²) in [5, 5.41) is 4.58. The van der Waals surface area contributed by atoms with Crippen LogP contribution in [0.1, 0.15) is 12.5 Å². The lowest BCUT2D eigenvalue weighted by molar-refractivity contribution is -0.119. The smallest absolute Gasteiger partial charge is 0.414 e. The molecule has 1 fully saturated rings. The van der Waals surface area contributed by atoms with Gasteiger partial charge >= 0.3 is 6.09 Å². The third kappa shape index (κ3) is 4.41. The maximum absolute atomic E-state index is 14.8. The Kier molecular flexibility index (Phi) is 5.62. The van der Waals surface area contributed by atoms with Crippen LogP contribution in [0.25, 0.3) is 11.1 Å². The topological polar surface area (TPSA) is 86.3 Å². The van der Waals surface area contributed by atoms with Gasteiger partial charge in [-0.2, -0.15) is 5.01 Å². The monoisotopic (exact) mass is 411 g/mol. The van der Waals surface area contributed by atoms with Gasteiger partial charge in [0.25, 0.3) is 0 Å². The number of amides is 2. The van der Waals surface area contributed by atoms with Crippen molar-refractivity contribution in [2.75, 3.05) is 24.7 Å². The van der Waals surface area contributed by atoms with E-state index in [1.54, 1.807) is 18.5 Å². The fourth-order valence-electron chi connectivity index (χ4n) is 3.41. The number of aliphatic imine (C=N–C) groups is 1. The van der Waals surface area contributed by atoms with Gasteiger partial charge in [-0.15, -0.1) is 0 Å². The van der Waals surface area contributed by atoms with Crippen molar-refractivity contribution in [1.29, 1.82) is 0 Å². The molecule has 0 radical (unpaired) electrons. The van der Waals surface area contributed by atoms with E-state index in [9.17, 15) is 14.0 Å². The molecule has 0 aliphatic carbocycles. The lowest BCUT2D eigenvalue weighted by Gasteiger charge is -2.16. The molecule has 2 N–H and O–H groups in total. The third-order valence-corrected chi connectivity index (χ3v) is 4.94. The highest BCUT2D eigenvalue weighted by Crippen LogP contribution is 2.29. The highest BCUT2D eigenvalue weighted by atomic mass is 19.1. The van der Waals surface area contributed by atoms with Gasteiger partial charge in [-0.25, -0.2) is 9.18 Å². The minimum absolute atomic E-state index is 0.198. The first-order chi connectivity index (χ1) is 14.5. The molecule has 1 atom stereocenters. The zero-order valence-corrected chi connectivity index (χ0v) is 16.5. The molecule has 4 rings (SSSR count). The maximum atomic E-state index is 14.8. The first-order valence-electron chi connectivity index (χ1n) is 9.60. The number of cyclic esters (lactones) is 1. The molecule has 156 valence electrons. The molecule has 0 saturated carbocycles. The minimum atomic E-state index is -0.554. The molecule has 2 aromatic carbocycles. The van der Waals surface area contributed by atoms with Gasteiger partial charge in [0.2, 0.25) is 5.91 Å². The molecular weight excluding hydrogens is 389 g/mol. The second-order valence-electron chi connectivity index (χ2n) is 7.19. The summed E-state index contributed by atoms with van der Waals surface area (Å²) in [5.74, 6) is -0.621. The van der Waals surface area contributed by atoms with E-state index in [1.165, 1.54) is 17.9 Å². The van der Waals surface area contributed by atoms with Crippen LogP contribution in [0.2, 0.25) is 0 Å². The largest absolute Gasteiger partial charge is 0.442 e. The first-order valence-corrected chi connectivity index (χ1v) is 9.60. The number of nitrogens with one attached hydrogen (secondary N) is 2. The molecule has 2 heterocycles. The number of hydrogen-bond donors (Lipinski definition) is 2. The number of carbonyl (C=O) groups is 2. The normalized spacial score (nSPS) is 18.4. The van der Waals surface area contributed by atoms with Crippen molar-refractivity contribution >= 4 is 24.0 Å². The molecule has 2 aliphatic rings. The molecule has 2 aromatic rings. The van der Waals surface area contributed by atoms with Crippen molar-refractivity contribution in [2.45, 2.75) is 19.6 Å². The predicted molar refractivity (Wildman–Crippen MR) is 110 cm³/mol. The van der Waals surface area contributed by atoms with Crippen LogP contribution in [0.4, 0.5) is 14.9 Å². The summed E-state index contributed by atoms with van der Waals surface area (Å²) < 4.78 is 20.1. The Labute approximate surface area is 173 Å². The summed E-state index contributed by atoms with van der Waals surface area (Å²) >= 11 is 0. The average molecular weight is 411 g/mol. The van der Waals surface area contributed by atoms with E-state index in [2.05, 4.69) is 15.7 Å². The summed E-state index contributed by atoms with van der Waals surface area (Å²) in [6.45, 7) is 3.16. The quantitative estimate of drug-likeness (QED) is 0.762. The standard InChI is InChI=1S/C21H22FN5O3/c1-14(28)24-9-18-11-27(21(29)30-18)17-6-7-19(20(22)8-17)16-4-2-15(3-5-16)10-26-13-23-12-25-26/h2-8,12,18H,9-11,13H2,1H3,(H,23,25)(H,24,28). The lowest BCUT2D eigenvalue weighted by Crippen LogP contribution is -2.33. The van der Waals surface area contributed by atoms with Gasteiger partial charge in [0.1, 0.15) is 18.6 Å². The lowest BCUT2D eigenvalue weighted by atomic mass is 10.0. The number of hydrazine groups is 1. The van der Waals surface area contributed by atoms with E-state index < -0.39 is 18.0 Å². The Bertz CT molecular complexity index is 971. The molecular formula is C21H22FN5O3. The van der Waals surface area contributed by atoms with Crippen LogP contribution in [-0.4, -0.2) is 49.2 Å². The molecule has 0 bridgehead atoms. The van der Waals surface area contributed by atoms with Gasteiger partial charge in [-0.05, 0) is 29.3 Å². The molecule has 2 aliphatic heterocycles. The van der Waals surface area contributed by atoms with Crippen LogP contribution in [0.3, 0.4) is 0 Å². The fraction of sp³-hybridized carbons (Fsp3) is 0.286. The van der Waals surface area contributed by atoms with E-state index in [4.69, 9.17) is 4.74 Å². The highest BCUT2D eigenvalue weighted by Gasteiger charge is 2.32. The number of ether oxygens (including phenoxy) is 1. The van der Waals surface area contributed by atoms with Crippen LogP contribution >= 0.6 is 0 Å². The van der Waals surface area contributed by atoms with E-state index in [0.717, 1.165) is 11.1 Å². The Morgan fingerprint density at radius 1 is 1.30 bits per heavy atom. The zero-order valence-electron chi connectivity index (χ0n) is 16.5. The van der Waals surface area contributed by atoms with Crippen LogP contribution in [0.15, 0.2) is 47.5 Å². The number of anilines is 1. The highest BCUT2D eigenvalue weighted by molar-refractivity contribution is 5.90. The molecule has 9 heteroatoms. The number of nitrogens with zero attached hydrogens (tertiary/aromatic N) is 3. The van der Waals surface area contributed by atoms with E-state index in [0.29, 0.717) is 24.5 Å². The third-order valence-electron chi connectivity index (χ3n) is 4.94. The maximum Gasteiger partial charge on any atom is 0.414 e. The van der Waals surface area contributed by atoms with Crippen LogP contribution < -0.4 is 15.6 Å². The summed E-state index contributed by atoms with van der Waals surface area (Å²) in [5.41, 5.74) is 5.74. The van der Waals surface area contributed by atoms with Gasteiger partial charge in [-0.1, -0.05) is 24.3 Å². The Morgan fingerprint density at radius 2 is 2.10 bits per heavy atom. The first kappa shape index (κ1) is 19.8. The fourth-order valence-corrected chi connectivity index (χ4v) is 3.41. The number of halogens is 1. The van der Waals surface area contributed by atoms with Gasteiger partial charge < -0.3 is 15.5 Å². The van der Waals surface area contributed by atoms with E-state index in [-0.39, 0.29) is 19.0 Å². The zero-order chi connectivity index (χ0) is 21.1. The van der Waals surface area contributed by atoms with Crippen molar-refractivity contribution in [2.24, 2.45) is 4.99 Å². The number of carbonyl (C=O) groups excluding carboxylic acids is 2. The molecule has 8 nitrogen and oxygen atoms in total. The minimum Gasteiger partial charge on any atom is -0.442 e. The summed E-state index contributed by atoms with van der Waals surface area (Å²) in [6, 6.07) is 12.3. The Balaban J connectivity index is 1.44. The average Bonchev–Trinajstić information content (AvgIpc) is 3.36. The second-order valence-corrected chi connectivity index (χ2v) is 7.19.